The van der Waals surface area contributed by atoms with Crippen molar-refractivity contribution >= 4 is 33.9 Å². The van der Waals surface area contributed by atoms with Crippen LogP contribution < -0.4 is 15.8 Å². The predicted molar refractivity (Wildman–Crippen MR) is 96.2 cm³/mol. The molecule has 0 saturated carbocycles. The van der Waals surface area contributed by atoms with Crippen molar-refractivity contribution in [2.75, 3.05) is 0 Å². The van der Waals surface area contributed by atoms with Crippen LogP contribution in [0.1, 0.15) is 11.1 Å². The zero-order chi connectivity index (χ0) is 19.1. The largest absolute Gasteiger partial charge is 0.488 e. The van der Waals surface area contributed by atoms with Crippen molar-refractivity contribution in [3.05, 3.63) is 69.5 Å². The summed E-state index contributed by atoms with van der Waals surface area (Å²) >= 11 is 3.30. The number of imide groups is 1. The van der Waals surface area contributed by atoms with E-state index in [1.807, 2.05) is 5.32 Å². The first-order valence-electron chi connectivity index (χ1n) is 7.28. The van der Waals surface area contributed by atoms with Crippen LogP contribution in [0.3, 0.4) is 0 Å². The molecule has 6 nitrogen and oxygen atoms in total. The number of nitrogens with one attached hydrogen (secondary N) is 1. The molecule has 0 aliphatic carbocycles. The topological polar surface area (TPSA) is 105 Å². The highest BCUT2D eigenvalue weighted by molar-refractivity contribution is 9.10. The van der Waals surface area contributed by atoms with Gasteiger partial charge in [-0.05, 0) is 42.0 Å². The first kappa shape index (κ1) is 19.1. The van der Waals surface area contributed by atoms with Gasteiger partial charge >= 0.3 is 6.03 Å². The number of hydrogen-bond acceptors (Lipinski definition) is 4. The van der Waals surface area contributed by atoms with Crippen molar-refractivity contribution < 1.29 is 18.7 Å². The Morgan fingerprint density at radius 1 is 1.31 bits per heavy atom. The molecule has 3 N–H and O–H groups in total. The number of carbonyl (C=O) groups excluding carboxylic acids is 2. The first-order valence-corrected chi connectivity index (χ1v) is 8.07. The van der Waals surface area contributed by atoms with E-state index in [1.54, 1.807) is 36.4 Å². The molecule has 3 amide bonds. The summed E-state index contributed by atoms with van der Waals surface area (Å²) in [4.78, 5) is 22.6. The summed E-state index contributed by atoms with van der Waals surface area (Å²) in [7, 11) is 0. The molecular weight excluding hydrogens is 405 g/mol. The van der Waals surface area contributed by atoms with Gasteiger partial charge in [0.25, 0.3) is 5.91 Å². The third-order valence-corrected chi connectivity index (χ3v) is 3.65. The van der Waals surface area contributed by atoms with Gasteiger partial charge in [-0.3, -0.25) is 10.1 Å². The van der Waals surface area contributed by atoms with Crippen molar-refractivity contribution in [1.82, 2.24) is 5.32 Å². The fourth-order valence-electron chi connectivity index (χ4n) is 2.03. The Morgan fingerprint density at radius 2 is 2.08 bits per heavy atom. The van der Waals surface area contributed by atoms with Gasteiger partial charge < -0.3 is 10.5 Å². The Labute approximate surface area is 157 Å². The number of hydrogen-bond donors (Lipinski definition) is 2. The molecule has 0 unspecified atom stereocenters. The lowest BCUT2D eigenvalue weighted by Gasteiger charge is -2.10. The molecule has 2 aromatic carbocycles. The molecule has 0 atom stereocenters. The summed E-state index contributed by atoms with van der Waals surface area (Å²) in [6.07, 6.45) is 1.27. The number of ether oxygens (including phenoxy) is 1. The van der Waals surface area contributed by atoms with Crippen LogP contribution in [0, 0.1) is 17.1 Å². The van der Waals surface area contributed by atoms with Crippen LogP contribution in [0.5, 0.6) is 5.75 Å². The highest BCUT2D eigenvalue weighted by atomic mass is 79.9. The molecule has 26 heavy (non-hydrogen) atoms. The summed E-state index contributed by atoms with van der Waals surface area (Å²) in [6, 6.07) is 11.6. The Balaban J connectivity index is 2.29. The number of urea groups is 1. The van der Waals surface area contributed by atoms with Crippen molar-refractivity contribution in [3.63, 3.8) is 0 Å². The minimum Gasteiger partial charge on any atom is -0.488 e. The maximum absolute atomic E-state index is 13.2. The number of nitriles is 1. The van der Waals surface area contributed by atoms with Gasteiger partial charge in [0.15, 0.2) is 0 Å². The Kier molecular flexibility index (Phi) is 6.47. The fourth-order valence-corrected chi connectivity index (χ4v) is 2.41. The maximum atomic E-state index is 13.2. The Hall–Kier alpha value is -3.18. The summed E-state index contributed by atoms with van der Waals surface area (Å²) < 4.78 is 19.6. The molecule has 0 aliphatic rings. The van der Waals surface area contributed by atoms with Gasteiger partial charge in [0, 0.05) is 10.0 Å². The number of nitrogens with zero attached hydrogens (tertiary/aromatic N) is 1. The molecule has 0 heterocycles. The average molecular weight is 418 g/mol. The number of rotatable bonds is 5. The van der Waals surface area contributed by atoms with Crippen LogP contribution in [0.25, 0.3) is 6.08 Å². The number of halogens is 2. The SMILES string of the molecule is N#C/C(=C/c1cc(Br)ccc1OCc1cccc(F)c1)C(=O)NC(N)=O. The van der Waals surface area contributed by atoms with E-state index in [0.717, 1.165) is 0 Å². The van der Waals surface area contributed by atoms with Crippen molar-refractivity contribution in [2.24, 2.45) is 5.73 Å². The molecule has 0 bridgehead atoms. The number of nitrogens with two attached hydrogens (primary N) is 1. The van der Waals surface area contributed by atoms with Crippen LogP contribution >= 0.6 is 15.9 Å². The minimum absolute atomic E-state index is 0.0929. The van der Waals surface area contributed by atoms with E-state index in [0.29, 0.717) is 21.3 Å². The summed E-state index contributed by atoms with van der Waals surface area (Å²) in [6.45, 7) is 0.0929. The molecule has 0 spiro atoms. The van der Waals surface area contributed by atoms with E-state index in [1.165, 1.54) is 18.2 Å². The molecule has 0 aromatic heterocycles. The quantitative estimate of drug-likeness (QED) is 0.574. The average Bonchev–Trinajstić information content (AvgIpc) is 2.58. The molecule has 0 fully saturated rings. The number of carbonyl (C=O) groups is 2. The van der Waals surface area contributed by atoms with Crippen LogP contribution in [0.4, 0.5) is 9.18 Å². The molecule has 0 aliphatic heterocycles. The number of benzene rings is 2. The lowest BCUT2D eigenvalue weighted by molar-refractivity contribution is -0.115. The molecule has 2 rings (SSSR count). The summed E-state index contributed by atoms with van der Waals surface area (Å²) in [5, 5.41) is 11.0. The fraction of sp³-hybridized carbons (Fsp3) is 0.0556. The second-order valence-corrected chi connectivity index (χ2v) is 6.00. The number of primary amides is 1. The van der Waals surface area contributed by atoms with Crippen molar-refractivity contribution in [3.8, 4) is 11.8 Å². The maximum Gasteiger partial charge on any atom is 0.319 e. The standard InChI is InChI=1S/C18H13BrFN3O3/c19-14-4-5-16(26-10-11-2-1-3-15(20)6-11)12(8-14)7-13(9-21)17(24)23-18(22)25/h1-8H,10H2,(H3,22,23,24,25)/b13-7-. The lowest BCUT2D eigenvalue weighted by Crippen LogP contribution is -2.35. The second kappa shape index (κ2) is 8.78. The van der Waals surface area contributed by atoms with E-state index in [2.05, 4.69) is 15.9 Å². The molecule has 132 valence electrons. The molecular formula is C18H13BrFN3O3. The van der Waals surface area contributed by atoms with Crippen molar-refractivity contribution in [1.29, 1.82) is 5.26 Å². The van der Waals surface area contributed by atoms with Gasteiger partial charge in [-0.25, -0.2) is 9.18 Å². The first-order chi connectivity index (χ1) is 12.4. The zero-order valence-corrected chi connectivity index (χ0v) is 14.9. The molecule has 0 radical (unpaired) electrons. The highest BCUT2D eigenvalue weighted by Crippen LogP contribution is 2.26. The zero-order valence-electron chi connectivity index (χ0n) is 13.3. The monoisotopic (exact) mass is 417 g/mol. The van der Waals surface area contributed by atoms with Crippen LogP contribution in [0.15, 0.2) is 52.5 Å². The van der Waals surface area contributed by atoms with Crippen molar-refractivity contribution in [2.45, 2.75) is 6.61 Å². The van der Waals surface area contributed by atoms with Gasteiger partial charge in [-0.1, -0.05) is 28.1 Å². The van der Waals surface area contributed by atoms with Crippen LogP contribution in [0.2, 0.25) is 0 Å². The normalized spacial score (nSPS) is 10.7. The van der Waals surface area contributed by atoms with Gasteiger partial charge in [0.1, 0.15) is 29.8 Å². The van der Waals surface area contributed by atoms with E-state index >= 15 is 0 Å². The molecule has 0 saturated heterocycles. The smallest absolute Gasteiger partial charge is 0.319 e. The second-order valence-electron chi connectivity index (χ2n) is 5.09. The summed E-state index contributed by atoms with van der Waals surface area (Å²) in [5.41, 5.74) is 5.61. The van der Waals surface area contributed by atoms with Gasteiger partial charge in [-0.2, -0.15) is 5.26 Å². The van der Waals surface area contributed by atoms with E-state index < -0.39 is 11.9 Å². The van der Waals surface area contributed by atoms with E-state index in [4.69, 9.17) is 15.7 Å². The van der Waals surface area contributed by atoms with Crippen LogP contribution in [-0.2, 0) is 11.4 Å². The van der Waals surface area contributed by atoms with Gasteiger partial charge in [-0.15, -0.1) is 0 Å². The number of amides is 3. The Bertz CT molecular complexity index is 922. The Morgan fingerprint density at radius 3 is 2.73 bits per heavy atom. The molecule has 2 aromatic rings. The van der Waals surface area contributed by atoms with Gasteiger partial charge in [0.2, 0.25) is 0 Å². The summed E-state index contributed by atoms with van der Waals surface area (Å²) in [5.74, 6) is -0.926. The third-order valence-electron chi connectivity index (χ3n) is 3.16. The lowest BCUT2D eigenvalue weighted by atomic mass is 10.1. The van der Waals surface area contributed by atoms with Crippen LogP contribution in [-0.4, -0.2) is 11.9 Å². The van der Waals surface area contributed by atoms with E-state index in [-0.39, 0.29) is 18.0 Å². The third kappa shape index (κ3) is 5.43. The highest BCUT2D eigenvalue weighted by Gasteiger charge is 2.13. The predicted octanol–water partition coefficient (Wildman–Crippen LogP) is 3.27. The van der Waals surface area contributed by atoms with Gasteiger partial charge in [0.05, 0.1) is 0 Å². The molecule has 8 heteroatoms. The van der Waals surface area contributed by atoms with E-state index in [9.17, 15) is 14.0 Å². The minimum atomic E-state index is -1.06.